The van der Waals surface area contributed by atoms with Crippen LogP contribution in [-0.4, -0.2) is 38.7 Å². The van der Waals surface area contributed by atoms with Gasteiger partial charge in [0, 0.05) is 18.0 Å². The number of carbonyl (C=O) groups excluding carboxylic acids is 1. The van der Waals surface area contributed by atoms with Crippen molar-refractivity contribution in [2.24, 2.45) is 0 Å². The number of thiophene rings is 1. The van der Waals surface area contributed by atoms with Crippen LogP contribution in [0.4, 0.5) is 0 Å². The van der Waals surface area contributed by atoms with E-state index in [0.29, 0.717) is 0 Å². The molecule has 112 valence electrons. The van der Waals surface area contributed by atoms with Gasteiger partial charge in [-0.05, 0) is 38.1 Å². The van der Waals surface area contributed by atoms with E-state index in [0.717, 1.165) is 30.8 Å². The van der Waals surface area contributed by atoms with Crippen LogP contribution < -0.4 is 0 Å². The fourth-order valence-corrected chi connectivity index (χ4v) is 3.74. The number of rotatable bonds is 3. The Morgan fingerprint density at radius 2 is 2.33 bits per heavy atom. The van der Waals surface area contributed by atoms with Gasteiger partial charge in [0.05, 0.1) is 11.5 Å². The Bertz CT molecular complexity index is 591. The number of hydrogen-bond donors (Lipinski definition) is 0. The third kappa shape index (κ3) is 2.72. The van der Waals surface area contributed by atoms with Crippen LogP contribution in [-0.2, 0) is 10.2 Å². The molecule has 0 unspecified atom stereocenters. The molecule has 3 rings (SSSR count). The van der Waals surface area contributed by atoms with Crippen LogP contribution in [0.2, 0.25) is 0 Å². The van der Waals surface area contributed by atoms with Gasteiger partial charge in [0.15, 0.2) is 0 Å². The second kappa shape index (κ2) is 5.60. The molecule has 2 aromatic heterocycles. The van der Waals surface area contributed by atoms with Crippen LogP contribution in [0.25, 0.3) is 0 Å². The molecule has 0 radical (unpaired) electrons. The monoisotopic (exact) mass is 304 g/mol. The van der Waals surface area contributed by atoms with Crippen molar-refractivity contribution < 1.29 is 4.79 Å². The highest BCUT2D eigenvalue weighted by Gasteiger charge is 2.36. The molecule has 1 atom stereocenters. The Morgan fingerprint density at radius 1 is 1.48 bits per heavy atom. The van der Waals surface area contributed by atoms with E-state index in [-0.39, 0.29) is 11.9 Å². The van der Waals surface area contributed by atoms with Gasteiger partial charge in [-0.2, -0.15) is 5.10 Å². The lowest BCUT2D eigenvalue weighted by atomic mass is 9.88. The van der Waals surface area contributed by atoms with Gasteiger partial charge < -0.3 is 4.90 Å². The molecule has 0 bridgehead atoms. The zero-order valence-electron chi connectivity index (χ0n) is 12.4. The predicted molar refractivity (Wildman–Crippen MR) is 82.2 cm³/mol. The van der Waals surface area contributed by atoms with Gasteiger partial charge in [0.2, 0.25) is 5.91 Å². The minimum Gasteiger partial charge on any atom is -0.340 e. The summed E-state index contributed by atoms with van der Waals surface area (Å²) < 4.78 is 1.87. The summed E-state index contributed by atoms with van der Waals surface area (Å²) in [4.78, 5) is 20.0. The molecule has 0 aromatic carbocycles. The van der Waals surface area contributed by atoms with Crippen LogP contribution in [0.1, 0.15) is 37.6 Å². The summed E-state index contributed by atoms with van der Waals surface area (Å²) in [7, 11) is 0. The zero-order chi connectivity index (χ0) is 14.9. The summed E-state index contributed by atoms with van der Waals surface area (Å²) in [5.74, 6) is 0.203. The molecule has 0 aliphatic carbocycles. The lowest BCUT2D eigenvalue weighted by Gasteiger charge is -2.37. The normalized spacial score (nSPS) is 19.7. The van der Waals surface area contributed by atoms with Crippen LogP contribution in [0.3, 0.4) is 0 Å². The maximum Gasteiger partial charge on any atom is 0.233 e. The van der Waals surface area contributed by atoms with Gasteiger partial charge in [0.1, 0.15) is 12.7 Å². The molecule has 0 saturated carbocycles. The Labute approximate surface area is 128 Å². The van der Waals surface area contributed by atoms with Crippen molar-refractivity contribution in [1.82, 2.24) is 19.7 Å². The molecule has 5 nitrogen and oxygen atoms in total. The number of likely N-dealkylation sites (tertiary alicyclic amines) is 1. The van der Waals surface area contributed by atoms with Crippen molar-refractivity contribution in [3.63, 3.8) is 0 Å². The number of nitrogens with zero attached hydrogens (tertiary/aromatic N) is 4. The lowest BCUT2D eigenvalue weighted by Crippen LogP contribution is -2.48. The van der Waals surface area contributed by atoms with Crippen molar-refractivity contribution in [2.75, 3.05) is 13.1 Å². The molecular weight excluding hydrogens is 284 g/mol. The van der Waals surface area contributed by atoms with E-state index in [1.807, 2.05) is 40.9 Å². The fraction of sp³-hybridized carbons (Fsp3) is 0.533. The number of piperidine rings is 1. The second-order valence-electron chi connectivity index (χ2n) is 6.03. The van der Waals surface area contributed by atoms with Crippen molar-refractivity contribution >= 4 is 17.2 Å². The minimum absolute atomic E-state index is 0.203. The Hall–Kier alpha value is -1.69. The SMILES string of the molecule is CC(C)(C(=O)N1CCC[C@H](n2cncn2)C1)c1cccs1. The molecule has 0 N–H and O–H groups in total. The first-order valence-electron chi connectivity index (χ1n) is 7.26. The van der Waals surface area contributed by atoms with Crippen LogP contribution in [0, 0.1) is 0 Å². The van der Waals surface area contributed by atoms with Gasteiger partial charge >= 0.3 is 0 Å². The summed E-state index contributed by atoms with van der Waals surface area (Å²) in [5.41, 5.74) is -0.460. The van der Waals surface area contributed by atoms with E-state index in [2.05, 4.69) is 10.1 Å². The van der Waals surface area contributed by atoms with E-state index >= 15 is 0 Å². The first-order chi connectivity index (χ1) is 10.1. The summed E-state index contributed by atoms with van der Waals surface area (Å²) >= 11 is 1.65. The molecule has 3 heterocycles. The summed E-state index contributed by atoms with van der Waals surface area (Å²) in [5, 5.41) is 6.24. The average Bonchev–Trinajstić information content (AvgIpc) is 3.19. The van der Waals surface area contributed by atoms with Crippen molar-refractivity contribution in [3.05, 3.63) is 35.0 Å². The Balaban J connectivity index is 1.75. The van der Waals surface area contributed by atoms with Crippen LogP contribution in [0.15, 0.2) is 30.2 Å². The second-order valence-corrected chi connectivity index (χ2v) is 6.97. The van der Waals surface area contributed by atoms with Crippen molar-refractivity contribution in [3.8, 4) is 0 Å². The maximum atomic E-state index is 12.9. The summed E-state index contributed by atoms with van der Waals surface area (Å²) in [6.07, 6.45) is 5.35. The lowest BCUT2D eigenvalue weighted by molar-refractivity contribution is -0.137. The molecule has 21 heavy (non-hydrogen) atoms. The van der Waals surface area contributed by atoms with E-state index in [1.54, 1.807) is 24.0 Å². The first kappa shape index (κ1) is 14.3. The number of aromatic nitrogens is 3. The van der Waals surface area contributed by atoms with E-state index < -0.39 is 5.41 Å². The third-order valence-electron chi connectivity index (χ3n) is 4.17. The fourth-order valence-electron chi connectivity index (χ4n) is 2.90. The molecule has 1 aliphatic rings. The van der Waals surface area contributed by atoms with Crippen molar-refractivity contribution in [2.45, 2.75) is 38.1 Å². The molecule has 1 aliphatic heterocycles. The molecule has 2 aromatic rings. The summed E-state index contributed by atoms with van der Waals surface area (Å²) in [6, 6.07) is 4.29. The van der Waals surface area contributed by atoms with Crippen LogP contribution in [0.5, 0.6) is 0 Å². The molecule has 1 saturated heterocycles. The van der Waals surface area contributed by atoms with Gasteiger partial charge in [-0.3, -0.25) is 4.79 Å². The molecule has 0 spiro atoms. The minimum atomic E-state index is -0.460. The van der Waals surface area contributed by atoms with Gasteiger partial charge in [-0.15, -0.1) is 11.3 Å². The average molecular weight is 304 g/mol. The van der Waals surface area contributed by atoms with Crippen molar-refractivity contribution in [1.29, 1.82) is 0 Å². The smallest absolute Gasteiger partial charge is 0.233 e. The quantitative estimate of drug-likeness (QED) is 0.875. The largest absolute Gasteiger partial charge is 0.340 e. The highest BCUT2D eigenvalue weighted by atomic mass is 32.1. The van der Waals surface area contributed by atoms with E-state index in [9.17, 15) is 4.79 Å². The number of carbonyl (C=O) groups is 1. The molecule has 1 amide bonds. The summed E-state index contributed by atoms with van der Waals surface area (Å²) in [6.45, 7) is 5.58. The van der Waals surface area contributed by atoms with E-state index in [1.165, 1.54) is 0 Å². The topological polar surface area (TPSA) is 51.0 Å². The highest BCUT2D eigenvalue weighted by Crippen LogP contribution is 2.31. The van der Waals surface area contributed by atoms with Gasteiger partial charge in [-0.25, -0.2) is 9.67 Å². The standard InChI is InChI=1S/C15H20N4OS/c1-15(2,13-6-4-8-21-13)14(20)18-7-3-5-12(9-18)19-11-16-10-17-19/h4,6,8,10-12H,3,5,7,9H2,1-2H3/t12-/m0/s1. The predicted octanol–water partition coefficient (Wildman–Crippen LogP) is 2.48. The van der Waals surface area contributed by atoms with Gasteiger partial charge in [-0.1, -0.05) is 6.07 Å². The van der Waals surface area contributed by atoms with Gasteiger partial charge in [0.25, 0.3) is 0 Å². The molecule has 1 fully saturated rings. The maximum absolute atomic E-state index is 12.9. The number of hydrogen-bond acceptors (Lipinski definition) is 4. The van der Waals surface area contributed by atoms with E-state index in [4.69, 9.17) is 0 Å². The Morgan fingerprint density at radius 3 is 3.00 bits per heavy atom. The zero-order valence-corrected chi connectivity index (χ0v) is 13.2. The molecular formula is C15H20N4OS. The first-order valence-corrected chi connectivity index (χ1v) is 8.14. The third-order valence-corrected chi connectivity index (χ3v) is 5.36. The Kier molecular flexibility index (Phi) is 3.80. The molecule has 6 heteroatoms. The number of amides is 1. The highest BCUT2D eigenvalue weighted by molar-refractivity contribution is 7.10. The van der Waals surface area contributed by atoms with Crippen LogP contribution >= 0.6 is 11.3 Å².